The first-order valence-electron chi connectivity index (χ1n) is 8.89. The fraction of sp³-hybridized carbons (Fsp3) is 0.444. The van der Waals surface area contributed by atoms with Crippen LogP contribution in [-0.2, 0) is 21.2 Å². The van der Waals surface area contributed by atoms with Crippen LogP contribution in [0, 0.1) is 26.7 Å². The van der Waals surface area contributed by atoms with Crippen LogP contribution in [-0.4, -0.2) is 38.0 Å². The minimum atomic E-state index is -3.86. The Morgan fingerprint density at radius 1 is 1.14 bits per heavy atom. The molecule has 0 bridgehead atoms. The van der Waals surface area contributed by atoms with Crippen molar-refractivity contribution < 1.29 is 26.6 Å². The molecule has 1 saturated heterocycles. The van der Waals surface area contributed by atoms with E-state index in [4.69, 9.17) is 18.2 Å². The van der Waals surface area contributed by atoms with Gasteiger partial charge in [-0.15, -0.1) is 0 Å². The van der Waals surface area contributed by atoms with Crippen LogP contribution in [0.5, 0.6) is 0 Å². The topological polar surface area (TPSA) is 121 Å². The molecule has 4 rings (SSSR count). The molecule has 1 aliphatic heterocycles. The summed E-state index contributed by atoms with van der Waals surface area (Å²) in [5.41, 5.74) is 2.31. The zero-order valence-electron chi connectivity index (χ0n) is 15.8. The lowest BCUT2D eigenvalue weighted by Gasteiger charge is -2.17. The lowest BCUT2D eigenvalue weighted by Crippen LogP contribution is -2.40. The molecule has 1 aliphatic rings. The molecule has 4 heterocycles. The van der Waals surface area contributed by atoms with Crippen LogP contribution in [0.15, 0.2) is 36.8 Å². The third kappa shape index (κ3) is 3.62. The van der Waals surface area contributed by atoms with Crippen molar-refractivity contribution in [3.8, 4) is 11.5 Å². The Bertz CT molecular complexity index is 1080. The minimum absolute atomic E-state index is 0.0595. The summed E-state index contributed by atoms with van der Waals surface area (Å²) in [6.45, 7) is 6.20. The number of nitrogens with zero attached hydrogens (tertiary/aromatic N) is 2. The van der Waals surface area contributed by atoms with Gasteiger partial charge in [-0.25, -0.2) is 13.1 Å². The Morgan fingerprint density at radius 3 is 2.64 bits per heavy atom. The average molecular weight is 407 g/mol. The molecule has 0 amide bonds. The van der Waals surface area contributed by atoms with Gasteiger partial charge >= 0.3 is 0 Å². The Labute approximate surface area is 162 Å². The Morgan fingerprint density at radius 2 is 1.96 bits per heavy atom. The summed E-state index contributed by atoms with van der Waals surface area (Å²) < 4.78 is 49.7. The number of aryl methyl sites for hydroxylation is 2. The van der Waals surface area contributed by atoms with Crippen LogP contribution in [0.3, 0.4) is 0 Å². The van der Waals surface area contributed by atoms with Gasteiger partial charge in [0.2, 0.25) is 10.9 Å². The van der Waals surface area contributed by atoms with Crippen molar-refractivity contribution >= 4 is 10.0 Å². The summed E-state index contributed by atoms with van der Waals surface area (Å²) in [5, 5.41) is 7.55. The van der Waals surface area contributed by atoms with Crippen molar-refractivity contribution in [2.75, 3.05) is 13.2 Å². The van der Waals surface area contributed by atoms with E-state index in [1.54, 1.807) is 13.0 Å². The second-order valence-corrected chi connectivity index (χ2v) is 8.65. The summed E-state index contributed by atoms with van der Waals surface area (Å²) >= 11 is 0. The van der Waals surface area contributed by atoms with E-state index >= 15 is 0 Å². The monoisotopic (exact) mass is 407 g/mol. The zero-order valence-corrected chi connectivity index (χ0v) is 16.6. The molecule has 0 saturated carbocycles. The molecule has 0 unspecified atom stereocenters. The molecule has 0 spiro atoms. The van der Waals surface area contributed by atoms with Crippen molar-refractivity contribution in [1.29, 1.82) is 0 Å². The number of nitrogens with one attached hydrogen (secondary N) is 1. The number of rotatable bonds is 6. The van der Waals surface area contributed by atoms with E-state index in [2.05, 4.69) is 15.0 Å². The molecule has 1 fully saturated rings. The van der Waals surface area contributed by atoms with E-state index in [1.165, 1.54) is 6.07 Å². The van der Waals surface area contributed by atoms with Crippen LogP contribution < -0.4 is 4.72 Å². The maximum atomic E-state index is 12.8. The van der Waals surface area contributed by atoms with Crippen molar-refractivity contribution in [2.24, 2.45) is 5.92 Å². The first-order chi connectivity index (χ1) is 13.3. The van der Waals surface area contributed by atoms with Gasteiger partial charge in [0.1, 0.15) is 5.76 Å². The maximum absolute atomic E-state index is 12.8. The molecular weight excluding hydrogens is 386 g/mol. The second-order valence-electron chi connectivity index (χ2n) is 7.00. The Hall–Kier alpha value is -2.43. The fourth-order valence-corrected chi connectivity index (χ4v) is 4.41. The number of ether oxygens (including phenoxy) is 1. The van der Waals surface area contributed by atoms with E-state index in [0.717, 1.165) is 17.0 Å². The highest BCUT2D eigenvalue weighted by atomic mass is 32.2. The van der Waals surface area contributed by atoms with Crippen molar-refractivity contribution in [3.63, 3.8) is 0 Å². The maximum Gasteiger partial charge on any atom is 0.274 e. The fourth-order valence-electron chi connectivity index (χ4n) is 3.19. The van der Waals surface area contributed by atoms with E-state index in [-0.39, 0.29) is 17.6 Å². The average Bonchev–Trinajstić information content (AvgIpc) is 3.41. The molecule has 10 heteroatoms. The highest BCUT2D eigenvalue weighted by molar-refractivity contribution is 7.89. The summed E-state index contributed by atoms with van der Waals surface area (Å²) in [4.78, 5) is 0. The number of sulfonamides is 1. The predicted molar refractivity (Wildman–Crippen MR) is 97.0 cm³/mol. The van der Waals surface area contributed by atoms with Gasteiger partial charge in [-0.1, -0.05) is 10.3 Å². The Kier molecular flexibility index (Phi) is 4.86. The third-order valence-corrected chi connectivity index (χ3v) is 6.23. The molecule has 0 aliphatic carbocycles. The summed E-state index contributed by atoms with van der Waals surface area (Å²) in [6, 6.07) is 4.41. The van der Waals surface area contributed by atoms with Gasteiger partial charge in [0, 0.05) is 24.0 Å². The molecule has 3 aromatic heterocycles. The van der Waals surface area contributed by atoms with Crippen LogP contribution >= 0.6 is 0 Å². The number of hydrogen-bond acceptors (Lipinski definition) is 8. The lowest BCUT2D eigenvalue weighted by atomic mass is 9.99. The van der Waals surface area contributed by atoms with Crippen LogP contribution in [0.25, 0.3) is 11.5 Å². The molecular formula is C18H21N3O6S. The van der Waals surface area contributed by atoms with Crippen LogP contribution in [0.1, 0.15) is 22.7 Å². The van der Waals surface area contributed by atoms with Gasteiger partial charge in [-0.05, 0) is 32.9 Å². The minimum Gasteiger partial charge on any atom is -0.440 e. The van der Waals surface area contributed by atoms with Crippen LogP contribution in [0.2, 0.25) is 0 Å². The van der Waals surface area contributed by atoms with Crippen molar-refractivity contribution in [3.05, 3.63) is 40.9 Å². The normalized spacial score (nSPS) is 20.1. The molecule has 2 atom stereocenters. The molecule has 28 heavy (non-hydrogen) atoms. The highest BCUT2D eigenvalue weighted by Gasteiger charge is 2.34. The van der Waals surface area contributed by atoms with E-state index in [1.807, 2.05) is 19.9 Å². The SMILES string of the molecule is Cc1cc(C[C@@H]2COC[C@@H]2NS(=O)(=O)c2ccc(-c3onc(C)c3C)o2)on1. The van der Waals surface area contributed by atoms with E-state index in [9.17, 15) is 8.42 Å². The molecule has 0 radical (unpaired) electrons. The number of hydrogen-bond donors (Lipinski definition) is 1. The molecule has 9 nitrogen and oxygen atoms in total. The lowest BCUT2D eigenvalue weighted by molar-refractivity contribution is 0.182. The number of aromatic nitrogens is 2. The van der Waals surface area contributed by atoms with Gasteiger partial charge in [0.25, 0.3) is 10.0 Å². The van der Waals surface area contributed by atoms with Crippen molar-refractivity contribution in [2.45, 2.75) is 38.3 Å². The standard InChI is InChI=1S/C18H21N3O6S/c1-10-6-14(26-19-10)7-13-8-24-9-15(13)21-28(22,23)17-5-4-16(25-17)18-11(2)12(3)20-27-18/h4-6,13,15,21H,7-9H2,1-3H3/t13-,15+/m1/s1. The second kappa shape index (κ2) is 7.19. The summed E-state index contributed by atoms with van der Waals surface area (Å²) in [7, 11) is -3.86. The largest absolute Gasteiger partial charge is 0.440 e. The van der Waals surface area contributed by atoms with Gasteiger partial charge < -0.3 is 18.2 Å². The number of furan rings is 1. The summed E-state index contributed by atoms with van der Waals surface area (Å²) in [6.07, 6.45) is 0.536. The van der Waals surface area contributed by atoms with Gasteiger partial charge in [-0.3, -0.25) is 0 Å². The molecule has 1 N–H and O–H groups in total. The first-order valence-corrected chi connectivity index (χ1v) is 10.4. The van der Waals surface area contributed by atoms with E-state index < -0.39 is 16.1 Å². The highest BCUT2D eigenvalue weighted by Crippen LogP contribution is 2.29. The third-order valence-electron chi connectivity index (χ3n) is 4.87. The van der Waals surface area contributed by atoms with Gasteiger partial charge in [0.05, 0.1) is 30.6 Å². The van der Waals surface area contributed by atoms with Gasteiger partial charge in [-0.2, -0.15) is 0 Å². The zero-order chi connectivity index (χ0) is 19.9. The van der Waals surface area contributed by atoms with Crippen LogP contribution in [0.4, 0.5) is 0 Å². The van der Waals surface area contributed by atoms with Crippen molar-refractivity contribution in [1.82, 2.24) is 15.0 Å². The molecule has 0 aromatic carbocycles. The van der Waals surface area contributed by atoms with Gasteiger partial charge in [0.15, 0.2) is 5.76 Å². The quantitative estimate of drug-likeness (QED) is 0.661. The first kappa shape index (κ1) is 18.9. The van der Waals surface area contributed by atoms with E-state index in [0.29, 0.717) is 30.3 Å². The smallest absolute Gasteiger partial charge is 0.274 e. The predicted octanol–water partition coefficient (Wildman–Crippen LogP) is 2.38. The molecule has 150 valence electrons. The summed E-state index contributed by atoms with van der Waals surface area (Å²) in [5.74, 6) is 1.38. The Balaban J connectivity index is 1.50. The molecule has 3 aromatic rings.